The molecule has 136 valence electrons. The highest BCUT2D eigenvalue weighted by molar-refractivity contribution is 7.13. The predicted molar refractivity (Wildman–Crippen MR) is 102 cm³/mol. The maximum absolute atomic E-state index is 4.48. The summed E-state index contributed by atoms with van der Waals surface area (Å²) in [6.45, 7) is 3.22. The highest BCUT2D eigenvalue weighted by Gasteiger charge is 2.21. The Kier molecular flexibility index (Phi) is 5.21. The maximum atomic E-state index is 4.48. The van der Waals surface area contributed by atoms with E-state index < -0.39 is 0 Å². The fraction of sp³-hybridized carbons (Fsp3) is 0.444. The summed E-state index contributed by atoms with van der Waals surface area (Å²) < 4.78 is 2.10. The van der Waals surface area contributed by atoms with Crippen LogP contribution in [0.4, 0.5) is 10.9 Å². The molecule has 0 saturated carbocycles. The zero-order valence-electron chi connectivity index (χ0n) is 14.9. The maximum Gasteiger partial charge on any atom is 0.188 e. The zero-order chi connectivity index (χ0) is 17.8. The molecule has 0 amide bonds. The lowest BCUT2D eigenvalue weighted by atomic mass is 9.93. The largest absolute Gasteiger partial charge is 0.337 e. The molecule has 0 aliphatic carbocycles. The molecule has 1 fully saturated rings. The summed E-state index contributed by atoms with van der Waals surface area (Å²) >= 11 is 1.57. The Morgan fingerprint density at radius 2 is 2.27 bits per heavy atom. The fourth-order valence-corrected chi connectivity index (χ4v) is 4.03. The van der Waals surface area contributed by atoms with Crippen LogP contribution in [-0.4, -0.2) is 42.5 Å². The number of imidazole rings is 1. The second-order valence-corrected chi connectivity index (χ2v) is 7.69. The van der Waals surface area contributed by atoms with Gasteiger partial charge in [0.15, 0.2) is 5.13 Å². The lowest BCUT2D eigenvalue weighted by Crippen LogP contribution is -2.36. The molecule has 4 heterocycles. The van der Waals surface area contributed by atoms with Crippen LogP contribution < -0.4 is 5.32 Å². The van der Waals surface area contributed by atoms with E-state index in [1.807, 2.05) is 24.0 Å². The van der Waals surface area contributed by atoms with Gasteiger partial charge in [-0.25, -0.2) is 19.9 Å². The fourth-order valence-electron chi connectivity index (χ4n) is 3.50. The second kappa shape index (κ2) is 7.92. The van der Waals surface area contributed by atoms with E-state index in [1.165, 1.54) is 18.5 Å². The summed E-state index contributed by atoms with van der Waals surface area (Å²) in [6, 6.07) is 2.04. The number of likely N-dealkylation sites (tertiary alicyclic amines) is 1. The number of hydrogen-bond acceptors (Lipinski definition) is 7. The van der Waals surface area contributed by atoms with Crippen LogP contribution in [0, 0.1) is 5.92 Å². The Hall–Kier alpha value is -2.32. The average Bonchev–Trinajstić information content (AvgIpc) is 3.28. The molecule has 26 heavy (non-hydrogen) atoms. The third kappa shape index (κ3) is 4.25. The van der Waals surface area contributed by atoms with Crippen molar-refractivity contribution in [1.82, 2.24) is 29.4 Å². The van der Waals surface area contributed by atoms with Crippen LogP contribution in [0.1, 0.15) is 24.2 Å². The molecule has 7 nitrogen and oxygen atoms in total. The van der Waals surface area contributed by atoms with Crippen LogP contribution in [-0.2, 0) is 20.0 Å². The van der Waals surface area contributed by atoms with Crippen molar-refractivity contribution >= 4 is 22.3 Å². The molecule has 1 N–H and O–H groups in total. The smallest absolute Gasteiger partial charge is 0.188 e. The first kappa shape index (κ1) is 17.1. The van der Waals surface area contributed by atoms with Gasteiger partial charge in [0.05, 0.1) is 12.0 Å². The molecule has 3 aromatic rings. The Morgan fingerprint density at radius 3 is 3.08 bits per heavy atom. The normalized spacial score (nSPS) is 18.1. The third-order valence-corrected chi connectivity index (χ3v) is 5.48. The van der Waals surface area contributed by atoms with E-state index in [2.05, 4.69) is 41.8 Å². The van der Waals surface area contributed by atoms with Crippen molar-refractivity contribution in [3.05, 3.63) is 47.9 Å². The first-order valence-corrected chi connectivity index (χ1v) is 9.79. The van der Waals surface area contributed by atoms with E-state index in [4.69, 9.17) is 0 Å². The molecule has 1 aliphatic rings. The van der Waals surface area contributed by atoms with Gasteiger partial charge in [0.2, 0.25) is 0 Å². The van der Waals surface area contributed by atoms with Gasteiger partial charge in [-0.1, -0.05) is 0 Å². The van der Waals surface area contributed by atoms with Crippen molar-refractivity contribution < 1.29 is 0 Å². The summed E-state index contributed by atoms with van der Waals surface area (Å²) in [5, 5.41) is 6.05. The Bertz CT molecular complexity index is 830. The number of aromatic nitrogens is 5. The predicted octanol–water partition coefficient (Wildman–Crippen LogP) is 2.86. The van der Waals surface area contributed by atoms with Crippen LogP contribution in [0.15, 0.2) is 36.5 Å². The molecule has 0 unspecified atom stereocenters. The van der Waals surface area contributed by atoms with E-state index in [0.717, 1.165) is 42.7 Å². The molecule has 0 radical (unpaired) electrons. The monoisotopic (exact) mass is 369 g/mol. The van der Waals surface area contributed by atoms with Crippen molar-refractivity contribution in [3.63, 3.8) is 0 Å². The van der Waals surface area contributed by atoms with Crippen molar-refractivity contribution in [2.45, 2.75) is 25.8 Å². The Balaban J connectivity index is 1.36. The molecule has 3 aromatic heterocycles. The first-order valence-electron chi connectivity index (χ1n) is 8.91. The van der Waals surface area contributed by atoms with Gasteiger partial charge < -0.3 is 9.88 Å². The van der Waals surface area contributed by atoms with Gasteiger partial charge in [-0.2, -0.15) is 0 Å². The molecule has 1 saturated heterocycles. The molecule has 0 spiro atoms. The molecular formula is C18H23N7S. The zero-order valence-corrected chi connectivity index (χ0v) is 15.7. The second-order valence-electron chi connectivity index (χ2n) is 6.80. The Labute approximate surface area is 157 Å². The van der Waals surface area contributed by atoms with Crippen molar-refractivity contribution in [2.24, 2.45) is 13.0 Å². The lowest BCUT2D eigenvalue weighted by Gasteiger charge is -2.32. The summed E-state index contributed by atoms with van der Waals surface area (Å²) in [4.78, 5) is 19.8. The number of anilines is 2. The van der Waals surface area contributed by atoms with E-state index in [9.17, 15) is 0 Å². The molecule has 0 bridgehead atoms. The highest BCUT2D eigenvalue weighted by atomic mass is 32.1. The van der Waals surface area contributed by atoms with Gasteiger partial charge in [-0.05, 0) is 31.7 Å². The molecule has 4 rings (SSSR count). The number of aryl methyl sites for hydroxylation is 1. The van der Waals surface area contributed by atoms with Gasteiger partial charge in [-0.3, -0.25) is 4.90 Å². The summed E-state index contributed by atoms with van der Waals surface area (Å²) in [5.41, 5.74) is 2.36. The number of hydrogen-bond donors (Lipinski definition) is 1. The van der Waals surface area contributed by atoms with Crippen LogP contribution >= 0.6 is 11.3 Å². The molecule has 1 aliphatic heterocycles. The van der Waals surface area contributed by atoms with Crippen molar-refractivity contribution in [2.75, 3.05) is 18.4 Å². The summed E-state index contributed by atoms with van der Waals surface area (Å²) in [6.07, 6.45) is 10.7. The number of piperidine rings is 1. The van der Waals surface area contributed by atoms with Crippen LogP contribution in [0.5, 0.6) is 0 Å². The van der Waals surface area contributed by atoms with Gasteiger partial charge >= 0.3 is 0 Å². The van der Waals surface area contributed by atoms with E-state index in [1.54, 1.807) is 23.9 Å². The van der Waals surface area contributed by atoms with Crippen LogP contribution in [0.2, 0.25) is 0 Å². The quantitative estimate of drug-likeness (QED) is 0.720. The Morgan fingerprint density at radius 1 is 1.31 bits per heavy atom. The van der Waals surface area contributed by atoms with E-state index in [-0.39, 0.29) is 0 Å². The first-order chi connectivity index (χ1) is 12.8. The summed E-state index contributed by atoms with van der Waals surface area (Å²) in [5.74, 6) is 1.44. The molecule has 8 heteroatoms. The van der Waals surface area contributed by atoms with Gasteiger partial charge in [0.1, 0.15) is 12.1 Å². The number of rotatable bonds is 6. The topological polar surface area (TPSA) is 71.8 Å². The van der Waals surface area contributed by atoms with Gasteiger partial charge in [0.25, 0.3) is 0 Å². The van der Waals surface area contributed by atoms with Gasteiger partial charge in [-0.15, -0.1) is 11.3 Å². The number of nitrogens with one attached hydrogen (secondary N) is 1. The standard InChI is InChI=1S/C18H23N7S/c1-24-13-19-9-16(24)11-25-5-2-3-14(10-25)7-15-8-17(22-12-21-15)23-18-20-4-6-26-18/h4,6,8-9,12-14H,2-3,5,7,10-11H2,1H3,(H,20,21,22,23)/t14-/m1/s1. The van der Waals surface area contributed by atoms with Crippen LogP contribution in [0.25, 0.3) is 0 Å². The average molecular weight is 369 g/mol. The van der Waals surface area contributed by atoms with Crippen LogP contribution in [0.3, 0.4) is 0 Å². The van der Waals surface area contributed by atoms with Crippen molar-refractivity contribution in [3.8, 4) is 0 Å². The minimum Gasteiger partial charge on any atom is -0.337 e. The third-order valence-electron chi connectivity index (χ3n) is 4.79. The SMILES string of the molecule is Cn1cncc1CN1CCC[C@H](Cc2cc(Nc3nccs3)ncn2)C1. The number of nitrogens with zero attached hydrogens (tertiary/aromatic N) is 6. The molecule has 0 aromatic carbocycles. The lowest BCUT2D eigenvalue weighted by molar-refractivity contribution is 0.163. The highest BCUT2D eigenvalue weighted by Crippen LogP contribution is 2.23. The minimum absolute atomic E-state index is 0.625. The number of thiazole rings is 1. The van der Waals surface area contributed by atoms with Crippen molar-refractivity contribution in [1.29, 1.82) is 0 Å². The minimum atomic E-state index is 0.625. The summed E-state index contributed by atoms with van der Waals surface area (Å²) in [7, 11) is 2.06. The van der Waals surface area contributed by atoms with E-state index in [0.29, 0.717) is 5.92 Å². The van der Waals surface area contributed by atoms with Gasteiger partial charge in [0, 0.05) is 49.7 Å². The molecule has 1 atom stereocenters. The molecular weight excluding hydrogens is 346 g/mol. The van der Waals surface area contributed by atoms with E-state index >= 15 is 0 Å².